The van der Waals surface area contributed by atoms with Crippen molar-refractivity contribution in [3.05, 3.63) is 0 Å². The first-order chi connectivity index (χ1) is 6.63. The fourth-order valence-electron chi connectivity index (χ4n) is 1.65. The molecule has 4 heteroatoms. The number of carbonyl (C=O) groups is 1. The maximum Gasteiger partial charge on any atom is 0.317 e. The second-order valence-corrected chi connectivity index (χ2v) is 5.19. The third-order valence-corrected chi connectivity index (χ3v) is 3.46. The van der Waals surface area contributed by atoms with Crippen LogP contribution in [0.1, 0.15) is 26.7 Å². The molecule has 0 radical (unpaired) electrons. The molecule has 1 unspecified atom stereocenters. The van der Waals surface area contributed by atoms with Crippen molar-refractivity contribution in [2.75, 3.05) is 19.3 Å². The predicted molar refractivity (Wildman–Crippen MR) is 61.8 cm³/mol. The lowest BCUT2D eigenvalue weighted by molar-refractivity contribution is 0.185. The predicted octanol–water partition coefficient (Wildman–Crippen LogP) is 1.93. The molecule has 0 aliphatic carbocycles. The number of urea groups is 1. The van der Waals surface area contributed by atoms with Crippen LogP contribution in [0.25, 0.3) is 0 Å². The number of rotatable bonds is 2. The van der Waals surface area contributed by atoms with Crippen LogP contribution in [0.5, 0.6) is 0 Å². The zero-order chi connectivity index (χ0) is 10.6. The minimum Gasteiger partial charge on any atom is -0.336 e. The molecular weight excluding hydrogens is 196 g/mol. The Labute approximate surface area is 90.6 Å². The van der Waals surface area contributed by atoms with E-state index in [0.29, 0.717) is 5.25 Å². The molecule has 82 valence electrons. The number of nitrogens with one attached hydrogen (secondary N) is 1. The number of carbonyl (C=O) groups excluding carboxylic acids is 1. The highest BCUT2D eigenvalue weighted by Gasteiger charge is 2.22. The molecule has 1 heterocycles. The van der Waals surface area contributed by atoms with Gasteiger partial charge < -0.3 is 10.2 Å². The Hall–Kier alpha value is -0.380. The topological polar surface area (TPSA) is 32.3 Å². The van der Waals surface area contributed by atoms with Crippen LogP contribution < -0.4 is 5.32 Å². The molecule has 1 fully saturated rings. The van der Waals surface area contributed by atoms with Gasteiger partial charge in [0, 0.05) is 24.4 Å². The molecule has 1 aliphatic heterocycles. The van der Waals surface area contributed by atoms with E-state index in [1.807, 2.05) is 30.5 Å². The van der Waals surface area contributed by atoms with Crippen LogP contribution in [0.15, 0.2) is 0 Å². The van der Waals surface area contributed by atoms with E-state index in [2.05, 4.69) is 11.6 Å². The van der Waals surface area contributed by atoms with Gasteiger partial charge in [-0.3, -0.25) is 0 Å². The summed E-state index contributed by atoms with van der Waals surface area (Å²) in [4.78, 5) is 13.6. The van der Waals surface area contributed by atoms with Gasteiger partial charge in [0.1, 0.15) is 0 Å². The summed E-state index contributed by atoms with van der Waals surface area (Å²) in [7, 11) is 0. The largest absolute Gasteiger partial charge is 0.336 e. The molecule has 0 aromatic heterocycles. The average Bonchev–Trinajstić information content (AvgIpc) is 2.17. The van der Waals surface area contributed by atoms with Gasteiger partial charge >= 0.3 is 6.03 Å². The summed E-state index contributed by atoms with van der Waals surface area (Å²) in [5.74, 6) is 0. The zero-order valence-electron chi connectivity index (χ0n) is 9.25. The van der Waals surface area contributed by atoms with Crippen molar-refractivity contribution in [1.29, 1.82) is 0 Å². The third-order valence-electron chi connectivity index (χ3n) is 2.41. The molecule has 3 nitrogen and oxygen atoms in total. The molecule has 14 heavy (non-hydrogen) atoms. The van der Waals surface area contributed by atoms with Crippen LogP contribution in [0, 0.1) is 0 Å². The quantitative estimate of drug-likeness (QED) is 0.765. The maximum atomic E-state index is 11.7. The lowest BCUT2D eigenvalue weighted by Gasteiger charge is -2.32. The van der Waals surface area contributed by atoms with Crippen molar-refractivity contribution in [3.8, 4) is 0 Å². The highest BCUT2D eigenvalue weighted by Crippen LogP contribution is 2.19. The monoisotopic (exact) mass is 216 g/mol. The highest BCUT2D eigenvalue weighted by molar-refractivity contribution is 7.99. The summed E-state index contributed by atoms with van der Waals surface area (Å²) >= 11 is 1.86. The van der Waals surface area contributed by atoms with E-state index in [4.69, 9.17) is 0 Å². The Kier molecular flexibility index (Phi) is 4.58. The molecule has 2 amide bonds. The number of amides is 2. The van der Waals surface area contributed by atoms with Crippen molar-refractivity contribution >= 4 is 17.8 Å². The van der Waals surface area contributed by atoms with Gasteiger partial charge in [0.15, 0.2) is 0 Å². The van der Waals surface area contributed by atoms with Crippen molar-refractivity contribution in [2.45, 2.75) is 38.0 Å². The van der Waals surface area contributed by atoms with E-state index >= 15 is 0 Å². The number of hydrogen-bond acceptors (Lipinski definition) is 2. The van der Waals surface area contributed by atoms with E-state index in [1.54, 1.807) is 0 Å². The SMILES string of the molecule is CSC1CCCN(C(=O)NC(C)C)C1. The summed E-state index contributed by atoms with van der Waals surface area (Å²) < 4.78 is 0. The van der Waals surface area contributed by atoms with Gasteiger partial charge in [-0.25, -0.2) is 4.79 Å². The van der Waals surface area contributed by atoms with Crippen molar-refractivity contribution < 1.29 is 4.79 Å². The summed E-state index contributed by atoms with van der Waals surface area (Å²) in [5, 5.41) is 3.56. The fourth-order valence-corrected chi connectivity index (χ4v) is 2.38. The first-order valence-electron chi connectivity index (χ1n) is 5.21. The van der Waals surface area contributed by atoms with E-state index < -0.39 is 0 Å². The fraction of sp³-hybridized carbons (Fsp3) is 0.900. The van der Waals surface area contributed by atoms with Crippen LogP contribution in [0.2, 0.25) is 0 Å². The Morgan fingerprint density at radius 2 is 2.29 bits per heavy atom. The number of hydrogen-bond donors (Lipinski definition) is 1. The van der Waals surface area contributed by atoms with Crippen LogP contribution in [-0.4, -0.2) is 41.6 Å². The second-order valence-electron chi connectivity index (χ2n) is 4.05. The maximum absolute atomic E-state index is 11.7. The van der Waals surface area contributed by atoms with Gasteiger partial charge in [0.25, 0.3) is 0 Å². The van der Waals surface area contributed by atoms with Gasteiger partial charge in [-0.2, -0.15) is 11.8 Å². The second kappa shape index (κ2) is 5.49. The van der Waals surface area contributed by atoms with Crippen LogP contribution >= 0.6 is 11.8 Å². The number of piperidine rings is 1. The minimum absolute atomic E-state index is 0.0961. The Morgan fingerprint density at radius 3 is 2.86 bits per heavy atom. The minimum atomic E-state index is 0.0961. The smallest absolute Gasteiger partial charge is 0.317 e. The van der Waals surface area contributed by atoms with E-state index in [0.717, 1.165) is 19.5 Å². The highest BCUT2D eigenvalue weighted by atomic mass is 32.2. The van der Waals surface area contributed by atoms with E-state index in [-0.39, 0.29) is 12.1 Å². The normalized spacial score (nSPS) is 22.6. The van der Waals surface area contributed by atoms with Gasteiger partial charge in [0.2, 0.25) is 0 Å². The van der Waals surface area contributed by atoms with E-state index in [9.17, 15) is 4.79 Å². The van der Waals surface area contributed by atoms with Gasteiger partial charge in [-0.1, -0.05) is 0 Å². The molecule has 1 rings (SSSR count). The molecular formula is C10H20N2OS. The first-order valence-corrected chi connectivity index (χ1v) is 6.50. The van der Waals surface area contributed by atoms with Gasteiger partial charge in [-0.15, -0.1) is 0 Å². The molecule has 0 aromatic carbocycles. The molecule has 1 saturated heterocycles. The summed E-state index contributed by atoms with van der Waals surface area (Å²) in [6.45, 7) is 5.80. The number of nitrogens with zero attached hydrogens (tertiary/aromatic N) is 1. The van der Waals surface area contributed by atoms with Crippen molar-refractivity contribution in [3.63, 3.8) is 0 Å². The lowest BCUT2D eigenvalue weighted by Crippen LogP contribution is -2.48. The first kappa shape index (κ1) is 11.7. The summed E-state index contributed by atoms with van der Waals surface area (Å²) in [5.41, 5.74) is 0. The average molecular weight is 216 g/mol. The molecule has 0 aromatic rings. The Bertz CT molecular complexity index is 197. The molecule has 1 atom stereocenters. The molecule has 0 saturated carbocycles. The molecule has 0 spiro atoms. The van der Waals surface area contributed by atoms with Crippen LogP contribution in [0.3, 0.4) is 0 Å². The molecule has 1 N–H and O–H groups in total. The number of likely N-dealkylation sites (tertiary alicyclic amines) is 1. The molecule has 1 aliphatic rings. The summed E-state index contributed by atoms with van der Waals surface area (Å²) in [6, 6.07) is 0.330. The van der Waals surface area contributed by atoms with Crippen molar-refractivity contribution in [1.82, 2.24) is 10.2 Å². The third kappa shape index (κ3) is 3.40. The zero-order valence-corrected chi connectivity index (χ0v) is 10.1. The summed E-state index contributed by atoms with van der Waals surface area (Å²) in [6.07, 6.45) is 4.50. The standard InChI is InChI=1S/C10H20N2OS/c1-8(2)11-10(13)12-6-4-5-9(7-12)14-3/h8-9H,4-7H2,1-3H3,(H,11,13). The molecule has 0 bridgehead atoms. The number of thioether (sulfide) groups is 1. The van der Waals surface area contributed by atoms with Crippen molar-refractivity contribution in [2.24, 2.45) is 0 Å². The Balaban J connectivity index is 2.39. The van der Waals surface area contributed by atoms with Gasteiger partial charge in [0.05, 0.1) is 0 Å². The van der Waals surface area contributed by atoms with E-state index in [1.165, 1.54) is 6.42 Å². The van der Waals surface area contributed by atoms with Gasteiger partial charge in [-0.05, 0) is 32.9 Å². The van der Waals surface area contributed by atoms with Crippen LogP contribution in [-0.2, 0) is 0 Å². The van der Waals surface area contributed by atoms with Crippen LogP contribution in [0.4, 0.5) is 4.79 Å². The lowest BCUT2D eigenvalue weighted by atomic mass is 10.1. The Morgan fingerprint density at radius 1 is 1.57 bits per heavy atom.